The molecule has 3 atom stereocenters. The minimum absolute atomic E-state index is 0.0183. The Morgan fingerprint density at radius 2 is 1.73 bits per heavy atom. The van der Waals surface area contributed by atoms with Crippen molar-refractivity contribution in [1.29, 1.82) is 0 Å². The van der Waals surface area contributed by atoms with E-state index in [0.717, 1.165) is 17.4 Å². The summed E-state index contributed by atoms with van der Waals surface area (Å²) in [6.45, 7) is 20.9. The van der Waals surface area contributed by atoms with Crippen LogP contribution in [0.25, 0.3) is 0 Å². The van der Waals surface area contributed by atoms with Crippen LogP contribution < -0.4 is 16.0 Å². The molecule has 2 saturated heterocycles. The molecule has 2 aliphatic rings. The molecule has 0 radical (unpaired) electrons. The molecule has 0 aromatic carbocycles. The molecule has 4 amide bonds. The van der Waals surface area contributed by atoms with Crippen molar-refractivity contribution in [2.75, 3.05) is 38.4 Å². The summed E-state index contributed by atoms with van der Waals surface area (Å²) in [7, 11) is -1.22. The van der Waals surface area contributed by atoms with Crippen molar-refractivity contribution < 1.29 is 52.5 Å². The summed E-state index contributed by atoms with van der Waals surface area (Å²) in [6.07, 6.45) is -1.87. The number of β-lactam (4-membered cyclic amide) rings is 1. The van der Waals surface area contributed by atoms with Gasteiger partial charge in [0.25, 0.3) is 5.91 Å². The number of thiazole rings is 1. The lowest BCUT2D eigenvalue weighted by Gasteiger charge is -2.38. The lowest BCUT2D eigenvalue weighted by Crippen LogP contribution is -2.72. The van der Waals surface area contributed by atoms with Gasteiger partial charge in [0.2, 0.25) is 11.5 Å². The van der Waals surface area contributed by atoms with Gasteiger partial charge in [-0.15, -0.1) is 11.3 Å². The van der Waals surface area contributed by atoms with E-state index >= 15 is 0 Å². The second kappa shape index (κ2) is 16.7. The minimum Gasteiger partial charge on any atom is -0.457 e. The molecule has 0 aliphatic carbocycles. The molecule has 3 rings (SSSR count). The SMILES string of the molecule is CC(C)(C)OC(=O)Nc1nc(C(=NOC(C)(C)C(=O)OC(C)(C)C)C(=O)N[C@@H]2C(=O)N[C@@H]2CN2C[C@@H](COCOCC[Si](C)(C)C)OC2=O)cs1. The van der Waals surface area contributed by atoms with Gasteiger partial charge in [-0.25, -0.2) is 19.4 Å². The molecule has 3 heterocycles. The maximum atomic E-state index is 13.7. The fourth-order valence-corrected chi connectivity index (χ4v) is 5.76. The van der Waals surface area contributed by atoms with E-state index < -0.39 is 73.0 Å². The van der Waals surface area contributed by atoms with Crippen LogP contribution in [0.3, 0.4) is 0 Å². The summed E-state index contributed by atoms with van der Waals surface area (Å²) in [5.74, 6) is -2.09. The van der Waals surface area contributed by atoms with Crippen LogP contribution in [0, 0.1) is 0 Å². The molecule has 286 valence electrons. The lowest BCUT2D eigenvalue weighted by molar-refractivity contribution is -0.179. The van der Waals surface area contributed by atoms with E-state index in [1.54, 1.807) is 41.5 Å². The summed E-state index contributed by atoms with van der Waals surface area (Å²) in [5, 5.41) is 13.3. The monoisotopic (exact) mass is 756 g/mol. The maximum Gasteiger partial charge on any atom is 0.413 e. The Kier molecular flexibility index (Phi) is 13.6. The highest BCUT2D eigenvalue weighted by Gasteiger charge is 2.45. The van der Waals surface area contributed by atoms with Gasteiger partial charge >= 0.3 is 18.2 Å². The van der Waals surface area contributed by atoms with Crippen LogP contribution in [-0.4, -0.2) is 122 Å². The van der Waals surface area contributed by atoms with Crippen molar-refractivity contribution >= 4 is 60.2 Å². The van der Waals surface area contributed by atoms with Crippen molar-refractivity contribution in [3.63, 3.8) is 0 Å². The molecule has 1 aromatic heterocycles. The number of hydrogen-bond donors (Lipinski definition) is 3. The molecular weight excluding hydrogens is 705 g/mol. The lowest BCUT2D eigenvalue weighted by atomic mass is 9.98. The Balaban J connectivity index is 1.68. The van der Waals surface area contributed by atoms with Gasteiger partial charge in [0.15, 0.2) is 10.8 Å². The molecule has 51 heavy (non-hydrogen) atoms. The maximum absolute atomic E-state index is 13.7. The Bertz CT molecular complexity index is 1460. The summed E-state index contributed by atoms with van der Waals surface area (Å²) < 4.78 is 27.2. The molecule has 0 spiro atoms. The predicted molar refractivity (Wildman–Crippen MR) is 190 cm³/mol. The van der Waals surface area contributed by atoms with Crippen molar-refractivity contribution in [3.8, 4) is 0 Å². The zero-order valence-corrected chi connectivity index (χ0v) is 33.1. The molecule has 2 fully saturated rings. The predicted octanol–water partition coefficient (Wildman–Crippen LogP) is 3.46. The number of carbonyl (C=O) groups is 5. The van der Waals surface area contributed by atoms with Crippen molar-refractivity contribution in [1.82, 2.24) is 20.5 Å². The standard InChI is InChI=1S/C32H52N6O11SSi/c1-30(2,3)47-26(41)32(7,8)49-37-23(21-17-50-27(34-21)36-28(42)48-31(4,5)6)25(40)35-22-20(33-24(22)39)15-38-14-19(46-29(38)43)16-45-18-44-12-13-51(9,10)11/h17,19-20,22H,12-16,18H2,1-11H3,(H,33,39)(H,35,40)(H,34,36,42)/t19-,20+,22-/m0/s1. The largest absolute Gasteiger partial charge is 0.457 e. The average Bonchev–Trinajstić information content (AvgIpc) is 3.56. The highest BCUT2D eigenvalue weighted by atomic mass is 32.1. The number of aromatic nitrogens is 1. The molecule has 1 aromatic rings. The van der Waals surface area contributed by atoms with Gasteiger partial charge in [-0.1, -0.05) is 24.8 Å². The van der Waals surface area contributed by atoms with E-state index in [-0.39, 0.29) is 43.0 Å². The third-order valence-electron chi connectivity index (χ3n) is 6.96. The number of rotatable bonds is 16. The van der Waals surface area contributed by atoms with Crippen LogP contribution in [0.15, 0.2) is 10.5 Å². The van der Waals surface area contributed by atoms with Crippen LogP contribution in [0.5, 0.6) is 0 Å². The topological polar surface area (TPSA) is 205 Å². The van der Waals surface area contributed by atoms with Crippen molar-refractivity contribution in [3.05, 3.63) is 11.1 Å². The second-order valence-electron chi connectivity index (χ2n) is 15.9. The second-order valence-corrected chi connectivity index (χ2v) is 22.4. The van der Waals surface area contributed by atoms with E-state index in [1.165, 1.54) is 24.1 Å². The van der Waals surface area contributed by atoms with Crippen LogP contribution in [0.2, 0.25) is 25.7 Å². The first kappa shape index (κ1) is 41.6. The number of esters is 1. The highest BCUT2D eigenvalue weighted by Crippen LogP contribution is 2.22. The number of ether oxygens (including phenoxy) is 5. The summed E-state index contributed by atoms with van der Waals surface area (Å²) in [4.78, 5) is 75.2. The van der Waals surface area contributed by atoms with E-state index in [0.29, 0.717) is 6.61 Å². The zero-order valence-electron chi connectivity index (χ0n) is 31.3. The van der Waals surface area contributed by atoms with Crippen LogP contribution in [-0.2, 0) is 42.9 Å². The first-order valence-electron chi connectivity index (χ1n) is 16.6. The summed E-state index contributed by atoms with van der Waals surface area (Å²) in [5.41, 5.74) is -3.61. The van der Waals surface area contributed by atoms with Crippen LogP contribution >= 0.6 is 11.3 Å². The average molecular weight is 757 g/mol. The molecular formula is C32H52N6O11SSi. The molecule has 2 aliphatic heterocycles. The first-order chi connectivity index (χ1) is 23.4. The molecule has 17 nitrogen and oxygen atoms in total. The summed E-state index contributed by atoms with van der Waals surface area (Å²) in [6, 6.07) is -0.699. The van der Waals surface area contributed by atoms with Gasteiger partial charge in [0.05, 0.1) is 19.2 Å². The third kappa shape index (κ3) is 13.7. The van der Waals surface area contributed by atoms with Gasteiger partial charge in [-0.05, 0) is 61.4 Å². The number of oxime groups is 1. The molecule has 0 saturated carbocycles. The Hall–Kier alpha value is -3.81. The number of nitrogens with one attached hydrogen (secondary N) is 3. The van der Waals surface area contributed by atoms with E-state index in [2.05, 4.69) is 45.7 Å². The van der Waals surface area contributed by atoms with Crippen LogP contribution in [0.1, 0.15) is 61.1 Å². The Labute approximate surface area is 303 Å². The summed E-state index contributed by atoms with van der Waals surface area (Å²) >= 11 is 0.984. The van der Waals surface area contributed by atoms with Gasteiger partial charge in [-0.2, -0.15) is 0 Å². The van der Waals surface area contributed by atoms with E-state index in [4.69, 9.17) is 28.5 Å². The normalized spacial score (nSPS) is 19.9. The Morgan fingerprint density at radius 1 is 1.06 bits per heavy atom. The quantitative estimate of drug-likeness (QED) is 0.0324. The number of nitrogens with zero attached hydrogens (tertiary/aromatic N) is 3. The number of anilines is 1. The number of cyclic esters (lactones) is 1. The molecule has 3 N–H and O–H groups in total. The highest BCUT2D eigenvalue weighted by molar-refractivity contribution is 7.14. The fourth-order valence-electron chi connectivity index (χ4n) is 4.33. The zero-order chi connectivity index (χ0) is 38.4. The van der Waals surface area contributed by atoms with Gasteiger partial charge < -0.3 is 44.1 Å². The van der Waals surface area contributed by atoms with Gasteiger partial charge in [0, 0.05) is 26.6 Å². The molecule has 0 bridgehead atoms. The first-order valence-corrected chi connectivity index (χ1v) is 21.2. The van der Waals surface area contributed by atoms with Crippen LogP contribution in [0.4, 0.5) is 14.7 Å². The third-order valence-corrected chi connectivity index (χ3v) is 9.42. The Morgan fingerprint density at radius 3 is 2.33 bits per heavy atom. The van der Waals surface area contributed by atoms with E-state index in [1.807, 2.05) is 0 Å². The van der Waals surface area contributed by atoms with E-state index in [9.17, 15) is 24.0 Å². The van der Waals surface area contributed by atoms with Gasteiger partial charge in [0.1, 0.15) is 35.8 Å². The number of carbonyl (C=O) groups excluding carboxylic acids is 5. The molecule has 0 unspecified atom stereocenters. The number of hydrogen-bond acceptors (Lipinski definition) is 14. The van der Waals surface area contributed by atoms with Gasteiger partial charge in [-0.3, -0.25) is 14.9 Å². The van der Waals surface area contributed by atoms with Crippen molar-refractivity contribution in [2.24, 2.45) is 5.16 Å². The number of amides is 4. The fraction of sp³-hybridized carbons (Fsp3) is 0.719. The van der Waals surface area contributed by atoms with Crippen molar-refractivity contribution in [2.45, 2.75) is 116 Å². The smallest absolute Gasteiger partial charge is 0.413 e. The minimum atomic E-state index is -1.63. The molecule has 19 heteroatoms.